The van der Waals surface area contributed by atoms with Crippen LogP contribution in [-0.4, -0.2) is 36.4 Å². The first kappa shape index (κ1) is 42.1. The molecule has 0 heterocycles. The van der Waals surface area contributed by atoms with Crippen LogP contribution in [0.15, 0.2) is 85.1 Å². The Labute approximate surface area is 275 Å². The van der Waals surface area contributed by atoms with E-state index in [4.69, 9.17) is 9.47 Å². The van der Waals surface area contributed by atoms with Gasteiger partial charge in [0, 0.05) is 12.8 Å². The summed E-state index contributed by atoms with van der Waals surface area (Å²) in [6.07, 6.45) is 47.9. The molecule has 254 valence electrons. The van der Waals surface area contributed by atoms with E-state index >= 15 is 0 Å². The highest BCUT2D eigenvalue weighted by Crippen LogP contribution is 2.10. The number of hydrogen-bond acceptors (Lipinski definition) is 5. The van der Waals surface area contributed by atoms with Crippen LogP contribution in [0, 0.1) is 0 Å². The minimum atomic E-state index is -0.818. The molecule has 0 aromatic heterocycles. The molecule has 0 aromatic carbocycles. The lowest BCUT2D eigenvalue weighted by Crippen LogP contribution is -2.28. The summed E-state index contributed by atoms with van der Waals surface area (Å²) in [5.41, 5.74) is 0. The Morgan fingerprint density at radius 3 is 1.53 bits per heavy atom. The first-order valence-electron chi connectivity index (χ1n) is 17.6. The number of carbonyl (C=O) groups is 2. The third-order valence-corrected chi connectivity index (χ3v) is 6.94. The Bertz CT molecular complexity index is 890. The van der Waals surface area contributed by atoms with Crippen LogP contribution in [0.2, 0.25) is 0 Å². The molecule has 0 saturated heterocycles. The van der Waals surface area contributed by atoms with Gasteiger partial charge in [-0.05, 0) is 77.0 Å². The fourth-order valence-electron chi connectivity index (χ4n) is 4.28. The molecule has 0 spiro atoms. The second-order valence-corrected chi connectivity index (χ2v) is 11.2. The van der Waals surface area contributed by atoms with Crippen molar-refractivity contribution < 1.29 is 24.2 Å². The molecule has 5 nitrogen and oxygen atoms in total. The molecule has 5 heteroatoms. The van der Waals surface area contributed by atoms with Crippen LogP contribution in [0.25, 0.3) is 0 Å². The van der Waals surface area contributed by atoms with Gasteiger partial charge in [0.2, 0.25) is 0 Å². The minimum Gasteiger partial charge on any atom is -0.462 e. The minimum absolute atomic E-state index is 0.106. The predicted molar refractivity (Wildman–Crippen MR) is 191 cm³/mol. The van der Waals surface area contributed by atoms with Crippen LogP contribution in [-0.2, 0) is 19.1 Å². The highest BCUT2D eigenvalue weighted by Gasteiger charge is 2.15. The largest absolute Gasteiger partial charge is 0.462 e. The van der Waals surface area contributed by atoms with Gasteiger partial charge in [0.25, 0.3) is 0 Å². The number of rotatable bonds is 30. The lowest BCUT2D eigenvalue weighted by molar-refractivity contribution is -0.161. The maximum atomic E-state index is 12.1. The van der Waals surface area contributed by atoms with Crippen molar-refractivity contribution >= 4 is 11.9 Å². The van der Waals surface area contributed by atoms with Crippen molar-refractivity contribution in [2.45, 2.75) is 142 Å². The Balaban J connectivity index is 3.78. The number of aliphatic hydroxyl groups is 1. The van der Waals surface area contributed by atoms with Crippen molar-refractivity contribution in [2.75, 3.05) is 13.2 Å². The number of hydrogen-bond donors (Lipinski definition) is 1. The van der Waals surface area contributed by atoms with Gasteiger partial charge in [-0.1, -0.05) is 131 Å². The van der Waals surface area contributed by atoms with Crippen LogP contribution in [0.3, 0.4) is 0 Å². The van der Waals surface area contributed by atoms with Crippen LogP contribution < -0.4 is 0 Å². The van der Waals surface area contributed by atoms with E-state index in [9.17, 15) is 14.7 Å². The lowest BCUT2D eigenvalue weighted by atomic mass is 10.1. The zero-order chi connectivity index (χ0) is 32.9. The Hall–Kier alpha value is -2.92. The molecule has 0 bridgehead atoms. The van der Waals surface area contributed by atoms with Gasteiger partial charge in [0.1, 0.15) is 6.61 Å². The topological polar surface area (TPSA) is 72.8 Å². The van der Waals surface area contributed by atoms with Gasteiger partial charge in [0.15, 0.2) is 6.10 Å². The van der Waals surface area contributed by atoms with Crippen LogP contribution in [0.1, 0.15) is 136 Å². The van der Waals surface area contributed by atoms with Crippen molar-refractivity contribution in [3.05, 3.63) is 85.1 Å². The molecule has 0 aliphatic carbocycles. The van der Waals surface area contributed by atoms with Crippen molar-refractivity contribution in [1.29, 1.82) is 0 Å². The van der Waals surface area contributed by atoms with E-state index in [-0.39, 0.29) is 25.6 Å². The predicted octanol–water partition coefficient (Wildman–Crippen LogP) is 10.8. The van der Waals surface area contributed by atoms with Crippen LogP contribution >= 0.6 is 0 Å². The smallest absolute Gasteiger partial charge is 0.306 e. The summed E-state index contributed by atoms with van der Waals surface area (Å²) in [4.78, 5) is 24.1. The quantitative estimate of drug-likeness (QED) is 0.0489. The second-order valence-electron chi connectivity index (χ2n) is 11.2. The molecule has 0 aromatic rings. The van der Waals surface area contributed by atoms with E-state index in [1.54, 1.807) is 0 Å². The summed E-state index contributed by atoms with van der Waals surface area (Å²) < 4.78 is 10.5. The summed E-state index contributed by atoms with van der Waals surface area (Å²) in [5, 5.41) is 9.50. The number of ether oxygens (including phenoxy) is 2. The van der Waals surface area contributed by atoms with Gasteiger partial charge in [0.05, 0.1) is 6.61 Å². The van der Waals surface area contributed by atoms with Crippen molar-refractivity contribution in [1.82, 2.24) is 0 Å². The van der Waals surface area contributed by atoms with E-state index in [1.807, 2.05) is 12.2 Å². The molecular weight excluding hydrogens is 560 g/mol. The van der Waals surface area contributed by atoms with Gasteiger partial charge in [-0.3, -0.25) is 9.59 Å². The fraction of sp³-hybridized carbons (Fsp3) is 0.600. The van der Waals surface area contributed by atoms with Crippen molar-refractivity contribution in [3.8, 4) is 0 Å². The average Bonchev–Trinajstić information content (AvgIpc) is 3.04. The summed E-state index contributed by atoms with van der Waals surface area (Å²) in [6.45, 7) is 3.90. The standard InChI is InChI=1S/C40H64O5/c1-3-5-7-9-11-13-15-17-18-19-20-21-22-23-25-27-29-31-33-35-40(43)45-38(36-41)37-44-39(42)34-32-30-28-26-24-16-14-12-10-8-6-4-2/h5,7,11-14,17-18,20-21,23,25,29,31,38,41H,3-4,6,8-10,15-16,19,22,24,26-28,30,32-37H2,1-2H3/b7-5+,13-11+,14-12+,18-17+,21-20+,25-23+,31-29+/t38-/m0/s1. The molecule has 0 radical (unpaired) electrons. The molecule has 0 rings (SSSR count). The normalized spacial score (nSPS) is 13.2. The van der Waals surface area contributed by atoms with E-state index in [1.165, 1.54) is 38.5 Å². The van der Waals surface area contributed by atoms with Gasteiger partial charge in [-0.15, -0.1) is 0 Å². The van der Waals surface area contributed by atoms with E-state index < -0.39 is 12.1 Å². The Morgan fingerprint density at radius 1 is 0.533 bits per heavy atom. The van der Waals surface area contributed by atoms with Gasteiger partial charge in [-0.2, -0.15) is 0 Å². The van der Waals surface area contributed by atoms with Crippen LogP contribution in [0.5, 0.6) is 0 Å². The first-order valence-corrected chi connectivity index (χ1v) is 17.6. The summed E-state index contributed by atoms with van der Waals surface area (Å²) in [6, 6.07) is 0. The number of esters is 2. The third-order valence-electron chi connectivity index (χ3n) is 6.94. The van der Waals surface area contributed by atoms with Crippen molar-refractivity contribution in [3.63, 3.8) is 0 Å². The third kappa shape index (κ3) is 33.8. The average molecular weight is 625 g/mol. The molecule has 1 N–H and O–H groups in total. The summed E-state index contributed by atoms with van der Waals surface area (Å²) in [5.74, 6) is -0.710. The molecule has 0 saturated carbocycles. The molecule has 1 atom stereocenters. The maximum Gasteiger partial charge on any atom is 0.306 e. The second kappa shape index (κ2) is 35.6. The maximum absolute atomic E-state index is 12.1. The zero-order valence-corrected chi connectivity index (χ0v) is 28.6. The summed E-state index contributed by atoms with van der Waals surface area (Å²) >= 11 is 0. The number of unbranched alkanes of at least 4 members (excludes halogenated alkanes) is 8. The molecule has 0 aliphatic rings. The van der Waals surface area contributed by atoms with Gasteiger partial charge in [-0.25, -0.2) is 0 Å². The number of carbonyl (C=O) groups excluding carboxylic acids is 2. The molecule has 0 amide bonds. The first-order chi connectivity index (χ1) is 22.1. The zero-order valence-electron chi connectivity index (χ0n) is 28.6. The Kier molecular flexibility index (Phi) is 33.3. The van der Waals surface area contributed by atoms with E-state index in [0.29, 0.717) is 12.8 Å². The van der Waals surface area contributed by atoms with Gasteiger partial charge < -0.3 is 14.6 Å². The summed E-state index contributed by atoms with van der Waals surface area (Å²) in [7, 11) is 0. The molecule has 45 heavy (non-hydrogen) atoms. The van der Waals surface area contributed by atoms with E-state index in [0.717, 1.165) is 64.2 Å². The fourth-order valence-corrected chi connectivity index (χ4v) is 4.28. The molecular formula is C40H64O5. The number of aliphatic hydroxyl groups excluding tert-OH is 1. The van der Waals surface area contributed by atoms with Crippen molar-refractivity contribution in [2.24, 2.45) is 0 Å². The molecule has 0 fully saturated rings. The SMILES string of the molecule is CC/C=C/C/C=C/C/C=C/C/C=C/C/C=C/C/C=C/CCC(=O)O[C@@H](CO)COC(=O)CCCCCCC/C=C/CCCCC. The molecule has 0 unspecified atom stereocenters. The Morgan fingerprint density at radius 2 is 1.00 bits per heavy atom. The monoisotopic (exact) mass is 624 g/mol. The highest BCUT2D eigenvalue weighted by molar-refractivity contribution is 5.70. The number of allylic oxidation sites excluding steroid dienone is 14. The van der Waals surface area contributed by atoms with Gasteiger partial charge >= 0.3 is 11.9 Å². The molecule has 0 aliphatic heterocycles. The van der Waals surface area contributed by atoms with Crippen LogP contribution in [0.4, 0.5) is 0 Å². The highest BCUT2D eigenvalue weighted by atomic mass is 16.6. The van der Waals surface area contributed by atoms with E-state index in [2.05, 4.69) is 86.8 Å². The lowest BCUT2D eigenvalue weighted by Gasteiger charge is -2.15.